The van der Waals surface area contributed by atoms with Gasteiger partial charge in [-0.2, -0.15) is 0 Å². The van der Waals surface area contributed by atoms with Gasteiger partial charge in [0.05, 0.1) is 0 Å². The molecule has 0 atom stereocenters. The molecule has 0 aliphatic carbocycles. The van der Waals surface area contributed by atoms with Gasteiger partial charge < -0.3 is 0 Å². The van der Waals surface area contributed by atoms with Crippen molar-refractivity contribution in [1.29, 1.82) is 0 Å². The first-order chi connectivity index (χ1) is 21.3. The summed E-state index contributed by atoms with van der Waals surface area (Å²) in [5.74, 6) is -1.34. The molecule has 4 rings (SSSR count). The predicted octanol–water partition coefficient (Wildman–Crippen LogP) is 10.9. The highest BCUT2D eigenvalue weighted by molar-refractivity contribution is 5.67. The van der Waals surface area contributed by atoms with Crippen LogP contribution in [-0.2, 0) is 5.41 Å². The van der Waals surface area contributed by atoms with Crippen LogP contribution >= 0.6 is 0 Å². The largest absolute Gasteiger partial charge is 0.0622 e. The summed E-state index contributed by atoms with van der Waals surface area (Å²) in [6, 6.07) is 28.2. The highest BCUT2D eigenvalue weighted by Gasteiger charge is 2.16. The van der Waals surface area contributed by atoms with E-state index in [1.54, 1.807) is 19.1 Å². The summed E-state index contributed by atoms with van der Waals surface area (Å²) in [5.41, 5.74) is 4.05. The molecule has 0 N–H and O–H groups in total. The Morgan fingerprint density at radius 2 is 1.06 bits per heavy atom. The van der Waals surface area contributed by atoms with Crippen molar-refractivity contribution >= 4 is 0 Å². The molecule has 0 heterocycles. The summed E-state index contributed by atoms with van der Waals surface area (Å²) >= 11 is 0. The molecular weight excluding hydrogens is 432 g/mol. The molecule has 0 bridgehead atoms. The van der Waals surface area contributed by atoms with Crippen molar-refractivity contribution in [3.63, 3.8) is 0 Å². The second-order valence-electron chi connectivity index (χ2n) is 9.71. The van der Waals surface area contributed by atoms with Gasteiger partial charge in [-0.15, -0.1) is 0 Å². The monoisotopic (exact) mass is 487 g/mol. The van der Waals surface area contributed by atoms with Gasteiger partial charge >= 0.3 is 0 Å². The van der Waals surface area contributed by atoms with E-state index in [1.165, 1.54) is 6.07 Å². The first kappa shape index (κ1) is 15.9. The Hall–Kier alpha value is -3.12. The molecule has 0 radical (unpaired) electrons. The standard InChI is InChI=1S/C19H24.C17H20/c1-13(2)18-11-17(16-9-7-6-8-10-16)12-19(14(3)4)15(18)5;1-13-12-15(14-8-6-5-7-9-14)10-11-16(13)17(2,3)4/h6-14H,1-5H3;5-12H,1-4H3/i13D,14D;2D3,3D3,4D3. The van der Waals surface area contributed by atoms with Crippen LogP contribution in [0.3, 0.4) is 0 Å². The Morgan fingerprint density at radius 3 is 1.47 bits per heavy atom. The predicted molar refractivity (Wildman–Crippen MR) is 160 cm³/mol. The molecule has 188 valence electrons. The molecule has 0 aliphatic rings. The molecule has 0 aliphatic heterocycles. The molecule has 0 fully saturated rings. The minimum Gasteiger partial charge on any atom is -0.0622 e. The third-order valence-electron chi connectivity index (χ3n) is 6.33. The number of benzene rings is 4. The Bertz CT molecular complexity index is 1580. The van der Waals surface area contributed by atoms with Gasteiger partial charge in [0.1, 0.15) is 0 Å². The summed E-state index contributed by atoms with van der Waals surface area (Å²) in [5, 5.41) is 0. The van der Waals surface area contributed by atoms with E-state index in [0.717, 1.165) is 38.9 Å². The topological polar surface area (TPSA) is 0 Å². The van der Waals surface area contributed by atoms with E-state index in [2.05, 4.69) is 24.3 Å². The number of aryl methyl sites for hydroxylation is 1. The number of hydrogen-bond acceptors (Lipinski definition) is 0. The summed E-state index contributed by atoms with van der Waals surface area (Å²) in [6.07, 6.45) is 0. The van der Waals surface area contributed by atoms with Crippen molar-refractivity contribution in [1.82, 2.24) is 0 Å². The molecule has 4 aromatic carbocycles. The molecule has 0 unspecified atom stereocenters. The summed E-state index contributed by atoms with van der Waals surface area (Å²) in [7, 11) is 0. The molecule has 36 heavy (non-hydrogen) atoms. The average Bonchev–Trinajstić information content (AvgIpc) is 2.92. The SMILES string of the molecule is [2H]C(C)(C)c1cc(-c2ccccc2)cc(C([2H])(C)C)c1C.[2H]C([2H])([2H])C(c1ccc(-c2ccccc2)cc1C)(C([2H])([2H])[2H])C([2H])([2H])[2H]. The molecule has 0 amide bonds. The van der Waals surface area contributed by atoms with Gasteiger partial charge in [0.15, 0.2) is 0 Å². The average molecular weight is 488 g/mol. The lowest BCUT2D eigenvalue weighted by atomic mass is 9.83. The fourth-order valence-corrected chi connectivity index (χ4v) is 4.44. The quantitative estimate of drug-likeness (QED) is 0.268. The molecule has 0 spiro atoms. The first-order valence-electron chi connectivity index (χ1n) is 17.7. The summed E-state index contributed by atoms with van der Waals surface area (Å²) < 4.78 is 87.1. The van der Waals surface area contributed by atoms with E-state index < -0.39 is 37.8 Å². The molecule has 0 nitrogen and oxygen atoms in total. The summed E-state index contributed by atoms with van der Waals surface area (Å²) in [6.45, 7) is 1.46. The maximum atomic E-state index is 8.41. The van der Waals surface area contributed by atoms with E-state index in [1.807, 2.05) is 83.1 Å². The maximum absolute atomic E-state index is 8.41. The van der Waals surface area contributed by atoms with E-state index >= 15 is 0 Å². The Kier molecular flexibility index (Phi) is 5.18. The van der Waals surface area contributed by atoms with E-state index in [0.29, 0.717) is 5.56 Å². The van der Waals surface area contributed by atoms with Crippen molar-refractivity contribution in [2.24, 2.45) is 0 Å². The van der Waals surface area contributed by atoms with Gasteiger partial charge in [0.2, 0.25) is 0 Å². The van der Waals surface area contributed by atoms with Gasteiger partial charge in [-0.3, -0.25) is 0 Å². The fraction of sp³-hybridized carbons (Fsp3) is 0.333. The minimum atomic E-state index is -3.25. The number of rotatable bonds is 4. The van der Waals surface area contributed by atoms with Crippen LogP contribution in [0.25, 0.3) is 22.3 Å². The second kappa shape index (κ2) is 11.7. The van der Waals surface area contributed by atoms with Gasteiger partial charge in [-0.1, -0.05) is 139 Å². The fourth-order valence-electron chi connectivity index (χ4n) is 4.44. The van der Waals surface area contributed by atoms with Crippen LogP contribution in [0, 0.1) is 13.8 Å². The van der Waals surface area contributed by atoms with E-state index in [9.17, 15) is 0 Å². The van der Waals surface area contributed by atoms with Crippen LogP contribution in [0.15, 0.2) is 91.0 Å². The van der Waals surface area contributed by atoms with Gasteiger partial charge in [0, 0.05) is 15.1 Å². The van der Waals surface area contributed by atoms with Crippen LogP contribution in [0.4, 0.5) is 0 Å². The third kappa shape index (κ3) is 6.76. The van der Waals surface area contributed by atoms with Gasteiger partial charge in [-0.05, 0) is 81.1 Å². The maximum Gasteiger partial charge on any atom is 0.0347 e. The highest BCUT2D eigenvalue weighted by atomic mass is 14.2. The van der Waals surface area contributed by atoms with Crippen LogP contribution in [0.2, 0.25) is 0 Å². The smallest absolute Gasteiger partial charge is 0.0347 e. The lowest BCUT2D eigenvalue weighted by molar-refractivity contribution is 0.586. The van der Waals surface area contributed by atoms with Crippen molar-refractivity contribution < 1.29 is 15.1 Å². The zero-order chi connectivity index (χ0) is 35.8. The minimum absolute atomic E-state index is 0.197. The molecule has 0 heteroatoms. The van der Waals surface area contributed by atoms with Crippen molar-refractivity contribution in [3.8, 4) is 22.3 Å². The zero-order valence-electron chi connectivity index (χ0n) is 33.2. The van der Waals surface area contributed by atoms with Crippen LogP contribution < -0.4 is 0 Å². The van der Waals surface area contributed by atoms with Crippen LogP contribution in [-0.4, -0.2) is 0 Å². The Morgan fingerprint density at radius 1 is 0.583 bits per heavy atom. The van der Waals surface area contributed by atoms with Crippen LogP contribution in [0.5, 0.6) is 0 Å². The molecule has 4 aromatic rings. The van der Waals surface area contributed by atoms with Crippen molar-refractivity contribution in [3.05, 3.63) is 119 Å². The lowest BCUT2D eigenvalue weighted by Crippen LogP contribution is -2.12. The second-order valence-corrected chi connectivity index (χ2v) is 9.71. The van der Waals surface area contributed by atoms with Crippen molar-refractivity contribution in [2.75, 3.05) is 0 Å². The van der Waals surface area contributed by atoms with E-state index in [4.69, 9.17) is 15.1 Å². The normalized spacial score (nSPS) is 17.6. The molecule has 0 aromatic heterocycles. The van der Waals surface area contributed by atoms with Crippen LogP contribution in [0.1, 0.15) is 103 Å². The van der Waals surface area contributed by atoms with Gasteiger partial charge in [-0.25, -0.2) is 0 Å². The molecule has 0 saturated carbocycles. The Labute approximate surface area is 235 Å². The zero-order valence-corrected chi connectivity index (χ0v) is 22.2. The summed E-state index contributed by atoms with van der Waals surface area (Å²) in [4.78, 5) is 0. The molecular formula is C36H44. The van der Waals surface area contributed by atoms with Crippen molar-refractivity contribution in [2.45, 2.75) is 79.3 Å². The first-order valence-corrected chi connectivity index (χ1v) is 12.2. The van der Waals surface area contributed by atoms with Gasteiger partial charge in [0.25, 0.3) is 0 Å². The molecule has 0 saturated heterocycles. The highest BCUT2D eigenvalue weighted by Crippen LogP contribution is 2.33. The Balaban J connectivity index is 0.000000261. The number of hydrogen-bond donors (Lipinski definition) is 0. The van der Waals surface area contributed by atoms with E-state index in [-0.39, 0.29) is 5.56 Å². The lowest BCUT2D eigenvalue weighted by Gasteiger charge is -2.22. The third-order valence-corrected chi connectivity index (χ3v) is 6.33.